The van der Waals surface area contributed by atoms with E-state index in [4.69, 9.17) is 21.1 Å². The third-order valence-corrected chi connectivity index (χ3v) is 5.55. The monoisotopic (exact) mass is 492 g/mol. The number of nitrogens with zero attached hydrogens (tertiary/aromatic N) is 4. The van der Waals surface area contributed by atoms with Crippen LogP contribution in [0.2, 0.25) is 5.02 Å². The summed E-state index contributed by atoms with van der Waals surface area (Å²) in [5.74, 6) is 1.12. The normalized spacial score (nSPS) is 15.2. The summed E-state index contributed by atoms with van der Waals surface area (Å²) in [6.07, 6.45) is 1.34. The molecule has 35 heavy (non-hydrogen) atoms. The summed E-state index contributed by atoms with van der Waals surface area (Å²) >= 11 is 6.04. The van der Waals surface area contributed by atoms with Crippen LogP contribution in [0.5, 0.6) is 11.6 Å². The number of hydrogen-bond donors (Lipinski definition) is 2. The number of anilines is 2. The lowest BCUT2D eigenvalue weighted by atomic mass is 10.3. The van der Waals surface area contributed by atoms with Gasteiger partial charge in [0.1, 0.15) is 5.75 Å². The van der Waals surface area contributed by atoms with Crippen LogP contribution >= 0.6 is 11.6 Å². The van der Waals surface area contributed by atoms with Gasteiger partial charge < -0.3 is 14.8 Å². The fourth-order valence-corrected chi connectivity index (χ4v) is 3.72. The number of halogens is 1. The lowest BCUT2D eigenvalue weighted by Crippen LogP contribution is -2.44. The Morgan fingerprint density at radius 2 is 1.89 bits per heavy atom. The first-order chi connectivity index (χ1) is 17.1. The highest BCUT2D eigenvalue weighted by Gasteiger charge is 2.21. The number of ether oxygens (including phenoxy) is 2. The molecule has 0 bridgehead atoms. The molecule has 2 aromatic carbocycles. The average Bonchev–Trinajstić information content (AvgIpc) is 3.38. The second-order valence-electron chi connectivity index (χ2n) is 7.73. The van der Waals surface area contributed by atoms with Gasteiger partial charge >= 0.3 is 11.4 Å². The van der Waals surface area contributed by atoms with Crippen molar-refractivity contribution in [2.75, 3.05) is 18.6 Å². The van der Waals surface area contributed by atoms with E-state index in [-0.39, 0.29) is 18.6 Å². The quantitative estimate of drug-likeness (QED) is 0.405. The fraction of sp³-hybridized carbons (Fsp3) is 0.167. The smallest absolute Gasteiger partial charge is 0.355 e. The summed E-state index contributed by atoms with van der Waals surface area (Å²) in [5, 5.41) is 6.63. The maximum Gasteiger partial charge on any atom is 0.355 e. The van der Waals surface area contributed by atoms with Crippen molar-refractivity contribution in [1.29, 1.82) is 0 Å². The van der Waals surface area contributed by atoms with E-state index in [1.54, 1.807) is 66.9 Å². The number of aromatic nitrogens is 4. The standard InChI is InChI=1S/C24H21ClN6O4/c25-16-4-8-18(9-5-16)31-22(29-23(32)30(24(31)33)14-20-13-26-15-34-20)28-17-6-10-19(11-7-17)35-21-3-1-2-12-27-21/h1-12,20,26H,13-15H2,(H,28,29,32). The minimum atomic E-state index is -0.673. The largest absolute Gasteiger partial charge is 0.439 e. The predicted octanol–water partition coefficient (Wildman–Crippen LogP) is 2.92. The van der Waals surface area contributed by atoms with Crippen molar-refractivity contribution in [2.24, 2.45) is 0 Å². The van der Waals surface area contributed by atoms with Crippen LogP contribution in [0.25, 0.3) is 5.69 Å². The first-order valence-electron chi connectivity index (χ1n) is 10.8. The molecule has 4 aromatic rings. The van der Waals surface area contributed by atoms with Crippen LogP contribution in [0, 0.1) is 0 Å². The molecule has 2 N–H and O–H groups in total. The van der Waals surface area contributed by atoms with Crippen molar-refractivity contribution in [2.45, 2.75) is 12.6 Å². The molecule has 1 fully saturated rings. The van der Waals surface area contributed by atoms with E-state index in [1.807, 2.05) is 6.07 Å². The van der Waals surface area contributed by atoms with Crippen molar-refractivity contribution >= 4 is 23.2 Å². The minimum Gasteiger partial charge on any atom is -0.439 e. The molecule has 178 valence electrons. The van der Waals surface area contributed by atoms with Gasteiger partial charge in [-0.1, -0.05) is 17.7 Å². The highest BCUT2D eigenvalue weighted by molar-refractivity contribution is 6.30. The Kier molecular flexibility index (Phi) is 6.57. The third kappa shape index (κ3) is 5.24. The van der Waals surface area contributed by atoms with Crippen LogP contribution in [0.4, 0.5) is 11.6 Å². The molecule has 11 heteroatoms. The first-order valence-corrected chi connectivity index (χ1v) is 11.2. The second-order valence-corrected chi connectivity index (χ2v) is 8.17. The average molecular weight is 493 g/mol. The van der Waals surface area contributed by atoms with Gasteiger partial charge in [-0.05, 0) is 54.6 Å². The summed E-state index contributed by atoms with van der Waals surface area (Å²) in [4.78, 5) is 34.6. The maximum absolute atomic E-state index is 13.4. The molecule has 1 unspecified atom stereocenters. The van der Waals surface area contributed by atoms with Gasteiger partial charge in [-0.25, -0.2) is 23.7 Å². The molecule has 1 saturated heterocycles. The first kappa shape index (κ1) is 22.8. The molecule has 0 amide bonds. The van der Waals surface area contributed by atoms with Gasteiger partial charge in [0.2, 0.25) is 11.8 Å². The lowest BCUT2D eigenvalue weighted by molar-refractivity contribution is 0.0975. The van der Waals surface area contributed by atoms with E-state index in [9.17, 15) is 9.59 Å². The van der Waals surface area contributed by atoms with E-state index in [0.717, 1.165) is 4.57 Å². The Bertz CT molecular complexity index is 1420. The summed E-state index contributed by atoms with van der Waals surface area (Å²) < 4.78 is 13.6. The minimum absolute atomic E-state index is 0.0717. The van der Waals surface area contributed by atoms with Crippen LogP contribution in [0.1, 0.15) is 0 Å². The van der Waals surface area contributed by atoms with Gasteiger partial charge in [-0.3, -0.25) is 5.32 Å². The molecule has 10 nitrogen and oxygen atoms in total. The number of nitrogens with one attached hydrogen (secondary N) is 2. The number of benzene rings is 2. The molecule has 0 saturated carbocycles. The topological polar surface area (TPSA) is 112 Å². The van der Waals surface area contributed by atoms with Gasteiger partial charge in [-0.2, -0.15) is 4.98 Å². The molecule has 1 aliphatic heterocycles. The summed E-state index contributed by atoms with van der Waals surface area (Å²) in [7, 11) is 0. The van der Waals surface area contributed by atoms with Crippen LogP contribution in [0.3, 0.4) is 0 Å². The number of hydrogen-bond acceptors (Lipinski definition) is 8. The zero-order valence-electron chi connectivity index (χ0n) is 18.4. The predicted molar refractivity (Wildman–Crippen MR) is 131 cm³/mol. The van der Waals surface area contributed by atoms with Gasteiger partial charge in [-0.15, -0.1) is 0 Å². The van der Waals surface area contributed by atoms with E-state index >= 15 is 0 Å². The molecule has 2 aromatic heterocycles. The molecule has 0 spiro atoms. The van der Waals surface area contributed by atoms with Gasteiger partial charge in [0.15, 0.2) is 0 Å². The fourth-order valence-electron chi connectivity index (χ4n) is 3.60. The van der Waals surface area contributed by atoms with E-state index < -0.39 is 11.4 Å². The van der Waals surface area contributed by atoms with Crippen LogP contribution in [-0.4, -0.2) is 38.5 Å². The van der Waals surface area contributed by atoms with E-state index in [0.29, 0.717) is 41.3 Å². The lowest BCUT2D eigenvalue weighted by Gasteiger charge is -2.17. The molecule has 0 radical (unpaired) electrons. The Balaban J connectivity index is 1.48. The Hall–Kier alpha value is -3.99. The van der Waals surface area contributed by atoms with Crippen LogP contribution < -0.4 is 26.7 Å². The molecule has 0 aliphatic carbocycles. The van der Waals surface area contributed by atoms with Crippen molar-refractivity contribution in [3.05, 3.63) is 98.9 Å². The van der Waals surface area contributed by atoms with Crippen LogP contribution in [0.15, 0.2) is 82.5 Å². The van der Waals surface area contributed by atoms with E-state index in [1.165, 1.54) is 4.57 Å². The molecular formula is C24H21ClN6O4. The van der Waals surface area contributed by atoms with Crippen molar-refractivity contribution in [1.82, 2.24) is 24.4 Å². The zero-order valence-corrected chi connectivity index (χ0v) is 19.2. The van der Waals surface area contributed by atoms with Crippen molar-refractivity contribution in [3.8, 4) is 17.3 Å². The third-order valence-electron chi connectivity index (χ3n) is 5.30. The van der Waals surface area contributed by atoms with Gasteiger partial charge in [0.05, 0.1) is 25.1 Å². The molecule has 1 atom stereocenters. The van der Waals surface area contributed by atoms with Crippen LogP contribution in [-0.2, 0) is 11.3 Å². The zero-order chi connectivity index (χ0) is 24.2. The van der Waals surface area contributed by atoms with Gasteiger partial charge in [0.25, 0.3) is 0 Å². The SMILES string of the molecule is O=c1nc(Nc2ccc(Oc3ccccn3)cc2)n(-c2ccc(Cl)cc2)c(=O)n1CC1CNCO1. The summed E-state index contributed by atoms with van der Waals surface area (Å²) in [6, 6.07) is 19.1. The second kappa shape index (κ2) is 10.1. The van der Waals surface area contributed by atoms with Crippen molar-refractivity contribution in [3.63, 3.8) is 0 Å². The van der Waals surface area contributed by atoms with E-state index in [2.05, 4.69) is 20.6 Å². The number of pyridine rings is 1. The highest BCUT2D eigenvalue weighted by Crippen LogP contribution is 2.23. The van der Waals surface area contributed by atoms with Gasteiger partial charge in [0, 0.05) is 29.5 Å². The Morgan fingerprint density at radius 1 is 1.09 bits per heavy atom. The maximum atomic E-state index is 13.4. The summed E-state index contributed by atoms with van der Waals surface area (Å²) in [6.45, 7) is 1.00. The molecule has 3 heterocycles. The molecule has 1 aliphatic rings. The highest BCUT2D eigenvalue weighted by atomic mass is 35.5. The Morgan fingerprint density at radius 3 is 2.57 bits per heavy atom. The molecular weight excluding hydrogens is 472 g/mol. The summed E-state index contributed by atoms with van der Waals surface area (Å²) in [5.41, 5.74) is -0.106. The molecule has 5 rings (SSSR count). The Labute approximate surface area is 204 Å². The van der Waals surface area contributed by atoms with Crippen molar-refractivity contribution < 1.29 is 9.47 Å². The number of rotatable bonds is 7.